The highest BCUT2D eigenvalue weighted by Gasteiger charge is 2.19. The van der Waals surface area contributed by atoms with E-state index in [2.05, 4.69) is 9.97 Å². The first-order chi connectivity index (χ1) is 10.1. The van der Waals surface area contributed by atoms with Gasteiger partial charge in [-0.15, -0.1) is 0 Å². The molecule has 3 heterocycles. The third kappa shape index (κ3) is 3.07. The van der Waals surface area contributed by atoms with Gasteiger partial charge in [0.25, 0.3) is 0 Å². The Morgan fingerprint density at radius 2 is 1.38 bits per heavy atom. The van der Waals surface area contributed by atoms with Crippen molar-refractivity contribution in [1.29, 1.82) is 0 Å². The number of pyridine rings is 2. The van der Waals surface area contributed by atoms with Crippen molar-refractivity contribution in [2.45, 2.75) is 0 Å². The van der Waals surface area contributed by atoms with Crippen molar-refractivity contribution in [3.63, 3.8) is 0 Å². The fourth-order valence-electron chi connectivity index (χ4n) is 2.40. The molecule has 2 aromatic rings. The van der Waals surface area contributed by atoms with Gasteiger partial charge in [-0.2, -0.15) is 18.2 Å². The third-order valence-corrected chi connectivity index (χ3v) is 3.42. The average Bonchev–Trinajstić information content (AvgIpc) is 2.46. The monoisotopic (exact) mass is 294 g/mol. The minimum Gasteiger partial charge on any atom is -0.368 e. The van der Waals surface area contributed by atoms with Gasteiger partial charge in [0.1, 0.15) is 5.82 Å². The molecule has 0 amide bonds. The fourth-order valence-corrected chi connectivity index (χ4v) is 2.40. The maximum atomic E-state index is 13.1. The number of aromatic nitrogens is 2. The Balaban J connectivity index is 1.70. The van der Waals surface area contributed by atoms with E-state index in [0.29, 0.717) is 37.7 Å². The van der Waals surface area contributed by atoms with Crippen LogP contribution in [0.3, 0.4) is 0 Å². The van der Waals surface area contributed by atoms with Gasteiger partial charge in [-0.1, -0.05) is 6.07 Å². The summed E-state index contributed by atoms with van der Waals surface area (Å²) in [5.74, 6) is -1.62. The van der Waals surface area contributed by atoms with Crippen LogP contribution in [0.5, 0.6) is 0 Å². The van der Waals surface area contributed by atoms with E-state index in [4.69, 9.17) is 0 Å². The Kier molecular flexibility index (Phi) is 3.64. The first kappa shape index (κ1) is 13.7. The molecule has 7 heteroatoms. The molecule has 0 bridgehead atoms. The maximum absolute atomic E-state index is 13.1. The van der Waals surface area contributed by atoms with Crippen LogP contribution in [0.2, 0.25) is 0 Å². The van der Waals surface area contributed by atoms with Crippen LogP contribution in [0.25, 0.3) is 0 Å². The van der Waals surface area contributed by atoms with Crippen molar-refractivity contribution in [2.24, 2.45) is 0 Å². The Bertz CT molecular complexity index is 622. The highest BCUT2D eigenvalue weighted by atomic mass is 19.1. The van der Waals surface area contributed by atoms with E-state index in [1.54, 1.807) is 12.1 Å². The first-order valence-corrected chi connectivity index (χ1v) is 6.57. The maximum Gasteiger partial charge on any atom is 0.217 e. The second-order valence-electron chi connectivity index (χ2n) is 4.76. The van der Waals surface area contributed by atoms with Gasteiger partial charge in [0.15, 0.2) is 0 Å². The summed E-state index contributed by atoms with van der Waals surface area (Å²) in [4.78, 5) is 10.7. The zero-order valence-corrected chi connectivity index (χ0v) is 11.1. The molecule has 0 aliphatic carbocycles. The molecule has 110 valence electrons. The third-order valence-electron chi connectivity index (χ3n) is 3.42. The molecule has 1 saturated heterocycles. The van der Waals surface area contributed by atoms with Crippen LogP contribution >= 0.6 is 0 Å². The highest BCUT2D eigenvalue weighted by molar-refractivity contribution is 5.48. The minimum absolute atomic E-state index is 0.465. The van der Waals surface area contributed by atoms with E-state index in [1.807, 2.05) is 9.80 Å². The van der Waals surface area contributed by atoms with Crippen LogP contribution in [-0.2, 0) is 0 Å². The van der Waals surface area contributed by atoms with Crippen LogP contribution in [0.4, 0.5) is 24.7 Å². The molecule has 0 aromatic carbocycles. The molecule has 4 nitrogen and oxygen atoms in total. The van der Waals surface area contributed by atoms with Crippen LogP contribution in [0.15, 0.2) is 30.3 Å². The zero-order valence-electron chi connectivity index (χ0n) is 11.1. The number of hydrogen-bond acceptors (Lipinski definition) is 4. The van der Waals surface area contributed by atoms with E-state index in [1.165, 1.54) is 18.2 Å². The van der Waals surface area contributed by atoms with E-state index >= 15 is 0 Å². The van der Waals surface area contributed by atoms with Gasteiger partial charge in [0.2, 0.25) is 17.8 Å². The van der Waals surface area contributed by atoms with Gasteiger partial charge < -0.3 is 9.80 Å². The van der Waals surface area contributed by atoms with E-state index in [-0.39, 0.29) is 0 Å². The fraction of sp³-hybridized carbons (Fsp3) is 0.286. The van der Waals surface area contributed by atoms with Crippen molar-refractivity contribution in [2.75, 3.05) is 36.0 Å². The number of nitrogens with zero attached hydrogens (tertiary/aromatic N) is 4. The summed E-state index contributed by atoms with van der Waals surface area (Å²) in [6.45, 7) is 2.34. The van der Waals surface area contributed by atoms with Gasteiger partial charge in [0, 0.05) is 44.0 Å². The SMILES string of the molecule is Fc1cc(N2CCN(c3cccc(F)n3)CC2)cc(F)n1. The highest BCUT2D eigenvalue weighted by Crippen LogP contribution is 2.20. The molecule has 0 unspecified atom stereocenters. The lowest BCUT2D eigenvalue weighted by Gasteiger charge is -2.36. The summed E-state index contributed by atoms with van der Waals surface area (Å²) >= 11 is 0. The molecular formula is C14H13F3N4. The van der Waals surface area contributed by atoms with Crippen molar-refractivity contribution in [1.82, 2.24) is 9.97 Å². The Labute approximate surface area is 119 Å². The number of anilines is 2. The van der Waals surface area contributed by atoms with E-state index in [0.717, 1.165) is 0 Å². The predicted molar refractivity (Wildman–Crippen MR) is 72.8 cm³/mol. The number of halogens is 3. The summed E-state index contributed by atoms with van der Waals surface area (Å²) in [5, 5.41) is 0. The molecular weight excluding hydrogens is 281 g/mol. The number of piperazine rings is 1. The summed E-state index contributed by atoms with van der Waals surface area (Å²) < 4.78 is 39.4. The molecule has 1 aliphatic heterocycles. The Morgan fingerprint density at radius 3 is 2.00 bits per heavy atom. The molecule has 0 N–H and O–H groups in total. The summed E-state index contributed by atoms with van der Waals surface area (Å²) in [6.07, 6.45) is 0. The molecule has 0 radical (unpaired) electrons. The second-order valence-corrected chi connectivity index (χ2v) is 4.76. The average molecular weight is 294 g/mol. The van der Waals surface area contributed by atoms with Gasteiger partial charge in [-0.25, -0.2) is 4.98 Å². The smallest absolute Gasteiger partial charge is 0.217 e. The molecule has 1 fully saturated rings. The topological polar surface area (TPSA) is 32.3 Å². The van der Waals surface area contributed by atoms with Crippen LogP contribution in [0.1, 0.15) is 0 Å². The largest absolute Gasteiger partial charge is 0.368 e. The molecule has 1 aliphatic rings. The van der Waals surface area contributed by atoms with Gasteiger partial charge in [0.05, 0.1) is 0 Å². The first-order valence-electron chi connectivity index (χ1n) is 6.57. The predicted octanol–water partition coefficient (Wildman–Crippen LogP) is 2.22. The van der Waals surface area contributed by atoms with Crippen LogP contribution < -0.4 is 9.80 Å². The molecule has 2 aromatic heterocycles. The van der Waals surface area contributed by atoms with Crippen LogP contribution in [0, 0.1) is 17.8 Å². The van der Waals surface area contributed by atoms with Crippen molar-refractivity contribution < 1.29 is 13.2 Å². The van der Waals surface area contributed by atoms with Gasteiger partial charge >= 0.3 is 0 Å². The quantitative estimate of drug-likeness (QED) is 0.795. The lowest BCUT2D eigenvalue weighted by atomic mass is 10.2. The summed E-state index contributed by atoms with van der Waals surface area (Å²) in [6, 6.07) is 7.06. The van der Waals surface area contributed by atoms with Crippen LogP contribution in [-0.4, -0.2) is 36.1 Å². The van der Waals surface area contributed by atoms with Gasteiger partial charge in [-0.3, -0.25) is 0 Å². The number of hydrogen-bond donors (Lipinski definition) is 0. The summed E-state index contributed by atoms with van der Waals surface area (Å²) in [5.41, 5.74) is 0.465. The molecule has 3 rings (SSSR count). The molecule has 21 heavy (non-hydrogen) atoms. The standard InChI is InChI=1S/C14H13F3N4/c15-11-2-1-3-14(19-11)21-6-4-20(5-7-21)10-8-12(16)18-13(17)9-10/h1-3,8-9H,4-7H2. The van der Waals surface area contributed by atoms with Crippen molar-refractivity contribution in [3.05, 3.63) is 48.2 Å². The lowest BCUT2D eigenvalue weighted by Crippen LogP contribution is -2.47. The Morgan fingerprint density at radius 1 is 0.762 bits per heavy atom. The molecule has 0 saturated carbocycles. The van der Waals surface area contributed by atoms with E-state index in [9.17, 15) is 13.2 Å². The summed E-state index contributed by atoms with van der Waals surface area (Å²) in [7, 11) is 0. The van der Waals surface area contributed by atoms with Gasteiger partial charge in [-0.05, 0) is 12.1 Å². The van der Waals surface area contributed by atoms with E-state index < -0.39 is 17.8 Å². The normalized spacial score (nSPS) is 15.4. The molecule has 0 spiro atoms. The van der Waals surface area contributed by atoms with Crippen molar-refractivity contribution in [3.8, 4) is 0 Å². The zero-order chi connectivity index (χ0) is 14.8. The lowest BCUT2D eigenvalue weighted by molar-refractivity contribution is 0.510. The van der Waals surface area contributed by atoms with Crippen molar-refractivity contribution >= 4 is 11.5 Å². The second kappa shape index (κ2) is 5.59. The Hall–Kier alpha value is -2.31. The number of rotatable bonds is 2. The molecule has 0 atom stereocenters. The minimum atomic E-state index is -0.834.